The summed E-state index contributed by atoms with van der Waals surface area (Å²) in [5.74, 6) is 0. The minimum atomic E-state index is 0. The summed E-state index contributed by atoms with van der Waals surface area (Å²) in [5.41, 5.74) is 3.25. The van der Waals surface area contributed by atoms with Crippen molar-refractivity contribution in [2.45, 2.75) is 46.2 Å². The SMILES string of the molecule is C[Si](C)=[Zr+2].Cc1cc2c(C(C)(C)C)cccc2[cH-]1.[Cl-].[Cl-].c1ccc2[cH-]ccc2c1. The monoisotopic (exact) mass is 518 g/mol. The van der Waals surface area contributed by atoms with Gasteiger partial charge in [0.25, 0.3) is 0 Å². The van der Waals surface area contributed by atoms with Gasteiger partial charge in [-0.1, -0.05) is 45.4 Å². The van der Waals surface area contributed by atoms with Gasteiger partial charge >= 0.3 is 41.9 Å². The van der Waals surface area contributed by atoms with Crippen LogP contribution >= 0.6 is 0 Å². The minimum Gasteiger partial charge on any atom is -1.00 e. The Morgan fingerprint density at radius 2 is 1.45 bits per heavy atom. The summed E-state index contributed by atoms with van der Waals surface area (Å²) >= 11 is 1.74. The van der Waals surface area contributed by atoms with Gasteiger partial charge in [-0.25, -0.2) is 0 Å². The van der Waals surface area contributed by atoms with Gasteiger partial charge in [0.15, 0.2) is 0 Å². The predicted octanol–water partition coefficient (Wildman–Crippen LogP) is 1.52. The van der Waals surface area contributed by atoms with Crippen LogP contribution in [-0.2, 0) is 28.8 Å². The van der Waals surface area contributed by atoms with Crippen molar-refractivity contribution in [2.24, 2.45) is 0 Å². The van der Waals surface area contributed by atoms with Gasteiger partial charge in [0.05, 0.1) is 0 Å². The molecule has 0 amide bonds. The standard InChI is InChI=1S/C14H17.C9H7.C2H6Si.2ClH.Zr/c1-10-8-11-6-5-7-13(12(11)9-10)14(2,3)4;1-2-5-9-7-3-6-8(9)4-1;1-3-2;;;/h5-9H,1-4H3;1-7H;1-2H3;2*1H;/q2*-1;;;;+2/p-2. The first-order valence-electron chi connectivity index (χ1n) is 9.47. The van der Waals surface area contributed by atoms with Gasteiger partial charge < -0.3 is 24.8 Å². The van der Waals surface area contributed by atoms with Crippen molar-refractivity contribution in [1.82, 2.24) is 0 Å². The summed E-state index contributed by atoms with van der Waals surface area (Å²) in [6.07, 6.45) is 0. The topological polar surface area (TPSA) is 0 Å². The molecule has 29 heavy (non-hydrogen) atoms. The fraction of sp³-hybridized carbons (Fsp3) is 0.280. The summed E-state index contributed by atoms with van der Waals surface area (Å²) in [7, 11) is 0. The van der Waals surface area contributed by atoms with E-state index in [9.17, 15) is 0 Å². The maximum Gasteiger partial charge on any atom is -0.0220 e. The number of hydrogen-bond acceptors (Lipinski definition) is 0. The van der Waals surface area contributed by atoms with Crippen LogP contribution < -0.4 is 24.8 Å². The summed E-state index contributed by atoms with van der Waals surface area (Å²) in [4.78, 5) is 0. The van der Waals surface area contributed by atoms with Crippen LogP contribution in [0.25, 0.3) is 21.5 Å². The molecule has 0 unspecified atom stereocenters. The number of hydrogen-bond donors (Lipinski definition) is 0. The zero-order chi connectivity index (χ0) is 20.0. The van der Waals surface area contributed by atoms with E-state index in [2.05, 4.69) is 114 Å². The Hall–Kier alpha value is -0.660. The largest absolute Gasteiger partial charge is 1.00 e. The van der Waals surface area contributed by atoms with E-state index < -0.39 is 0 Å². The van der Waals surface area contributed by atoms with Gasteiger partial charge in [0.2, 0.25) is 0 Å². The first-order valence-corrected chi connectivity index (χ1v) is 15.7. The van der Waals surface area contributed by atoms with Crippen LogP contribution in [0.5, 0.6) is 0 Å². The van der Waals surface area contributed by atoms with E-state index in [0.29, 0.717) is 0 Å². The van der Waals surface area contributed by atoms with Crippen molar-refractivity contribution in [3.05, 3.63) is 83.9 Å². The maximum atomic E-state index is 2.31. The zero-order valence-corrected chi connectivity index (χ0v) is 23.2. The van der Waals surface area contributed by atoms with E-state index in [1.54, 1.807) is 23.3 Å². The fourth-order valence-corrected chi connectivity index (χ4v) is 3.11. The van der Waals surface area contributed by atoms with Crippen LogP contribution in [0.2, 0.25) is 13.1 Å². The van der Waals surface area contributed by atoms with Crippen molar-refractivity contribution in [2.75, 3.05) is 0 Å². The third-order valence-electron chi connectivity index (χ3n) is 4.25. The average Bonchev–Trinajstić information content (AvgIpc) is 3.18. The molecule has 4 heteroatoms. The van der Waals surface area contributed by atoms with Crippen molar-refractivity contribution < 1.29 is 48.1 Å². The normalized spacial score (nSPS) is 10.1. The van der Waals surface area contributed by atoms with E-state index in [-0.39, 0.29) is 35.7 Å². The first-order chi connectivity index (χ1) is 12.7. The van der Waals surface area contributed by atoms with Gasteiger partial charge in [-0.15, -0.1) is 64.2 Å². The quantitative estimate of drug-likeness (QED) is 0.244. The molecule has 0 bridgehead atoms. The predicted molar refractivity (Wildman–Crippen MR) is 120 cm³/mol. The molecule has 0 nitrogen and oxygen atoms in total. The third-order valence-corrected chi connectivity index (χ3v) is 4.25. The van der Waals surface area contributed by atoms with Gasteiger partial charge in [0.1, 0.15) is 0 Å². The minimum absolute atomic E-state index is 0. The van der Waals surface area contributed by atoms with E-state index in [0.717, 1.165) is 0 Å². The molecular formula is C25H30Cl2SiZr-2. The Labute approximate surface area is 204 Å². The molecule has 0 N–H and O–H groups in total. The molecule has 0 spiro atoms. The molecule has 0 aliphatic carbocycles. The van der Waals surface area contributed by atoms with Gasteiger partial charge in [-0.2, -0.15) is 23.6 Å². The van der Waals surface area contributed by atoms with E-state index in [1.165, 1.54) is 32.7 Å². The number of aryl methyl sites for hydroxylation is 1. The molecule has 0 atom stereocenters. The summed E-state index contributed by atoms with van der Waals surface area (Å²) in [6, 6.07) is 25.8. The van der Waals surface area contributed by atoms with Crippen LogP contribution in [0, 0.1) is 6.92 Å². The maximum absolute atomic E-state index is 2.31. The van der Waals surface area contributed by atoms with E-state index >= 15 is 0 Å². The number of rotatable bonds is 0. The van der Waals surface area contributed by atoms with Crippen molar-refractivity contribution >= 4 is 27.0 Å². The first kappa shape index (κ1) is 28.3. The fourth-order valence-electron chi connectivity index (χ4n) is 3.11. The van der Waals surface area contributed by atoms with E-state index in [1.807, 2.05) is 0 Å². The molecule has 0 aromatic heterocycles. The molecule has 0 aliphatic heterocycles. The molecule has 0 saturated carbocycles. The van der Waals surface area contributed by atoms with Gasteiger partial charge in [-0.05, 0) is 5.41 Å². The molecule has 0 aliphatic rings. The smallest absolute Gasteiger partial charge is 0.0220 e. The summed E-state index contributed by atoms with van der Waals surface area (Å²) in [5, 5.41) is 5.45. The molecule has 0 heterocycles. The Balaban J connectivity index is 0.000000454. The van der Waals surface area contributed by atoms with Crippen LogP contribution in [0.15, 0.2) is 72.8 Å². The number of halogens is 2. The molecule has 0 radical (unpaired) electrons. The molecular weight excluding hydrogens is 490 g/mol. The third kappa shape index (κ3) is 8.93. The molecule has 4 aromatic rings. The van der Waals surface area contributed by atoms with Gasteiger partial charge in [-0.3, -0.25) is 0 Å². The average molecular weight is 521 g/mol. The van der Waals surface area contributed by atoms with E-state index in [4.69, 9.17) is 0 Å². The molecule has 0 fully saturated rings. The Kier molecular flexibility index (Phi) is 12.6. The summed E-state index contributed by atoms with van der Waals surface area (Å²) in [6.45, 7) is 13.6. The van der Waals surface area contributed by atoms with Gasteiger partial charge in [0, 0.05) is 0 Å². The van der Waals surface area contributed by atoms with Crippen molar-refractivity contribution in [3.63, 3.8) is 0 Å². The second-order valence-corrected chi connectivity index (χ2v) is 17.6. The Morgan fingerprint density at radius 3 is 2.03 bits per heavy atom. The molecule has 4 rings (SSSR count). The zero-order valence-electron chi connectivity index (χ0n) is 18.2. The van der Waals surface area contributed by atoms with Crippen molar-refractivity contribution in [3.8, 4) is 0 Å². The van der Waals surface area contributed by atoms with Crippen LogP contribution in [0.1, 0.15) is 31.9 Å². The second kappa shape index (κ2) is 12.9. The molecule has 0 saturated heterocycles. The van der Waals surface area contributed by atoms with Crippen molar-refractivity contribution in [1.29, 1.82) is 0 Å². The number of benzene rings is 2. The van der Waals surface area contributed by atoms with Crippen LogP contribution in [0.4, 0.5) is 0 Å². The van der Waals surface area contributed by atoms with Crippen LogP contribution in [0.3, 0.4) is 0 Å². The second-order valence-electron chi connectivity index (χ2n) is 8.25. The van der Waals surface area contributed by atoms with Crippen LogP contribution in [-0.4, -0.2) is 5.43 Å². The number of fused-ring (bicyclic) bond motifs is 2. The molecule has 154 valence electrons. The summed E-state index contributed by atoms with van der Waals surface area (Å²) < 4.78 is 0. The molecule has 4 aromatic carbocycles. The Bertz CT molecular complexity index is 988. The Morgan fingerprint density at radius 1 is 0.862 bits per heavy atom.